The molecule has 2 aromatic rings. The lowest BCUT2D eigenvalue weighted by Crippen LogP contribution is -2.41. The number of aromatic nitrogens is 1. The second kappa shape index (κ2) is 10.4. The van der Waals surface area contributed by atoms with Crippen molar-refractivity contribution in [2.75, 3.05) is 38.2 Å². The molecule has 1 heterocycles. The molecular formula is C21H32ClN3O2S. The maximum absolute atomic E-state index is 13.3. The molecule has 0 unspecified atom stereocenters. The molecule has 0 radical (unpaired) electrons. The van der Waals surface area contributed by atoms with Crippen molar-refractivity contribution in [3.05, 3.63) is 17.7 Å². The van der Waals surface area contributed by atoms with Crippen molar-refractivity contribution >= 4 is 45.0 Å². The van der Waals surface area contributed by atoms with Crippen molar-refractivity contribution in [2.24, 2.45) is 5.92 Å². The van der Waals surface area contributed by atoms with E-state index in [1.165, 1.54) is 5.56 Å². The first-order valence-corrected chi connectivity index (χ1v) is 10.9. The van der Waals surface area contributed by atoms with E-state index in [1.807, 2.05) is 11.0 Å². The number of ether oxygens (including phenoxy) is 1. The fourth-order valence-corrected chi connectivity index (χ4v) is 4.94. The summed E-state index contributed by atoms with van der Waals surface area (Å²) in [4.78, 5) is 22.4. The van der Waals surface area contributed by atoms with E-state index in [0.717, 1.165) is 66.4 Å². The maximum Gasteiger partial charge on any atom is 0.231 e. The number of benzene rings is 1. The Hall–Kier alpha value is -1.37. The number of rotatable bonds is 8. The van der Waals surface area contributed by atoms with Crippen LogP contribution in [0.1, 0.15) is 45.1 Å². The number of hydrogen-bond donors (Lipinski definition) is 0. The zero-order chi connectivity index (χ0) is 19.4. The monoisotopic (exact) mass is 425 g/mol. The van der Waals surface area contributed by atoms with Gasteiger partial charge in [0.2, 0.25) is 5.91 Å². The van der Waals surface area contributed by atoms with Crippen LogP contribution < -0.4 is 9.64 Å². The number of likely N-dealkylation sites (N-methyl/N-ethyl adjacent to an activating group) is 1. The molecule has 1 aliphatic rings. The number of aryl methyl sites for hydroxylation is 1. The number of anilines is 1. The van der Waals surface area contributed by atoms with E-state index in [2.05, 4.69) is 31.7 Å². The average Bonchev–Trinajstić information content (AvgIpc) is 3.36. The Labute approximate surface area is 178 Å². The first-order valence-electron chi connectivity index (χ1n) is 10.1. The lowest BCUT2D eigenvalue weighted by atomic mass is 10.1. The number of fused-ring (bicyclic) bond motifs is 1. The molecule has 1 fully saturated rings. The number of hydrogen-bond acceptors (Lipinski definition) is 5. The number of carbonyl (C=O) groups is 1. The smallest absolute Gasteiger partial charge is 0.231 e. The van der Waals surface area contributed by atoms with Gasteiger partial charge >= 0.3 is 0 Å². The topological polar surface area (TPSA) is 45.7 Å². The van der Waals surface area contributed by atoms with Crippen LogP contribution in [0.4, 0.5) is 5.13 Å². The summed E-state index contributed by atoms with van der Waals surface area (Å²) in [6.07, 6.45) is 4.34. The van der Waals surface area contributed by atoms with Gasteiger partial charge in [-0.1, -0.05) is 44.1 Å². The largest absolute Gasteiger partial charge is 0.494 e. The fourth-order valence-electron chi connectivity index (χ4n) is 3.85. The Morgan fingerprint density at radius 1 is 1.21 bits per heavy atom. The summed E-state index contributed by atoms with van der Waals surface area (Å²) in [5, 5.41) is 0.807. The second-order valence-corrected chi connectivity index (χ2v) is 8.23. The third-order valence-electron chi connectivity index (χ3n) is 5.65. The van der Waals surface area contributed by atoms with E-state index >= 15 is 0 Å². The highest BCUT2D eigenvalue weighted by Gasteiger charge is 2.30. The van der Waals surface area contributed by atoms with Gasteiger partial charge in [0.05, 0.1) is 11.8 Å². The molecule has 0 saturated heterocycles. The van der Waals surface area contributed by atoms with Gasteiger partial charge in [0.25, 0.3) is 0 Å². The second-order valence-electron chi connectivity index (χ2n) is 7.26. The molecule has 7 heteroatoms. The summed E-state index contributed by atoms with van der Waals surface area (Å²) in [5.41, 5.74) is 2.04. The molecule has 0 bridgehead atoms. The van der Waals surface area contributed by atoms with Crippen LogP contribution in [0.2, 0.25) is 0 Å². The van der Waals surface area contributed by atoms with Crippen LogP contribution in [0, 0.1) is 12.8 Å². The molecule has 0 N–H and O–H groups in total. The van der Waals surface area contributed by atoms with Crippen molar-refractivity contribution in [3.8, 4) is 5.75 Å². The standard InChI is InChI=1S/C21H31N3O2S.ClH/c1-5-23(6-2)13-14-24(20(25)16-9-7-8-10-16)21-22-18-17(26-4)12-11-15(3)19(18)27-21;/h11-12,16H,5-10,13-14H2,1-4H3;1H. The number of amides is 1. The van der Waals surface area contributed by atoms with E-state index in [1.54, 1.807) is 18.4 Å². The van der Waals surface area contributed by atoms with Gasteiger partial charge in [-0.15, -0.1) is 12.4 Å². The van der Waals surface area contributed by atoms with Crippen LogP contribution in [-0.4, -0.2) is 49.1 Å². The van der Waals surface area contributed by atoms with Gasteiger partial charge in [-0.25, -0.2) is 4.98 Å². The Kier molecular flexibility index (Phi) is 8.53. The minimum absolute atomic E-state index is 0. The highest BCUT2D eigenvalue weighted by Crippen LogP contribution is 2.37. The van der Waals surface area contributed by atoms with E-state index in [-0.39, 0.29) is 24.2 Å². The van der Waals surface area contributed by atoms with E-state index < -0.39 is 0 Å². The van der Waals surface area contributed by atoms with Gasteiger partial charge in [-0.2, -0.15) is 0 Å². The molecule has 156 valence electrons. The minimum Gasteiger partial charge on any atom is -0.494 e. The fraction of sp³-hybridized carbons (Fsp3) is 0.619. The molecule has 1 saturated carbocycles. The van der Waals surface area contributed by atoms with E-state index in [4.69, 9.17) is 9.72 Å². The van der Waals surface area contributed by atoms with Crippen molar-refractivity contribution < 1.29 is 9.53 Å². The summed E-state index contributed by atoms with van der Waals surface area (Å²) in [5.74, 6) is 1.17. The summed E-state index contributed by atoms with van der Waals surface area (Å²) in [6.45, 7) is 9.97. The molecule has 3 rings (SSSR count). The molecular weight excluding hydrogens is 394 g/mol. The van der Waals surface area contributed by atoms with Gasteiger partial charge in [0.1, 0.15) is 11.3 Å². The van der Waals surface area contributed by atoms with Crippen molar-refractivity contribution in [1.82, 2.24) is 9.88 Å². The first-order chi connectivity index (χ1) is 13.1. The quantitative estimate of drug-likeness (QED) is 0.603. The first kappa shape index (κ1) is 22.9. The van der Waals surface area contributed by atoms with Crippen LogP contribution in [-0.2, 0) is 4.79 Å². The van der Waals surface area contributed by atoms with Crippen LogP contribution in [0.5, 0.6) is 5.75 Å². The molecule has 0 spiro atoms. The molecule has 0 atom stereocenters. The molecule has 1 aromatic heterocycles. The number of methoxy groups -OCH3 is 1. The highest BCUT2D eigenvalue weighted by molar-refractivity contribution is 7.22. The summed E-state index contributed by atoms with van der Waals surface area (Å²) >= 11 is 1.61. The van der Waals surface area contributed by atoms with Crippen LogP contribution in [0.25, 0.3) is 10.2 Å². The third kappa shape index (κ3) is 4.78. The van der Waals surface area contributed by atoms with Crippen LogP contribution >= 0.6 is 23.7 Å². The zero-order valence-corrected chi connectivity index (χ0v) is 19.0. The molecule has 1 aliphatic carbocycles. The molecule has 1 amide bonds. The Balaban J connectivity index is 0.00000280. The summed E-state index contributed by atoms with van der Waals surface area (Å²) in [6, 6.07) is 4.02. The third-order valence-corrected chi connectivity index (χ3v) is 6.86. The van der Waals surface area contributed by atoms with E-state index in [9.17, 15) is 4.79 Å². The molecule has 5 nitrogen and oxygen atoms in total. The van der Waals surface area contributed by atoms with Crippen LogP contribution in [0.15, 0.2) is 12.1 Å². The maximum atomic E-state index is 13.3. The predicted molar refractivity (Wildman–Crippen MR) is 120 cm³/mol. The Morgan fingerprint density at radius 2 is 1.89 bits per heavy atom. The highest BCUT2D eigenvalue weighted by atomic mass is 35.5. The summed E-state index contributed by atoms with van der Waals surface area (Å²) in [7, 11) is 1.67. The van der Waals surface area contributed by atoms with Gasteiger partial charge in [-0.3, -0.25) is 9.69 Å². The number of carbonyl (C=O) groups excluding carboxylic acids is 1. The number of halogens is 1. The Morgan fingerprint density at radius 3 is 2.50 bits per heavy atom. The normalized spacial score (nSPS) is 14.5. The van der Waals surface area contributed by atoms with Gasteiger partial charge in [0.15, 0.2) is 5.13 Å². The lowest BCUT2D eigenvalue weighted by molar-refractivity contribution is -0.122. The van der Waals surface area contributed by atoms with Crippen molar-refractivity contribution in [3.63, 3.8) is 0 Å². The minimum atomic E-state index is 0. The van der Waals surface area contributed by atoms with Gasteiger partial charge < -0.3 is 9.64 Å². The summed E-state index contributed by atoms with van der Waals surface area (Å²) < 4.78 is 6.61. The lowest BCUT2D eigenvalue weighted by Gasteiger charge is -2.26. The molecule has 1 aromatic carbocycles. The van der Waals surface area contributed by atoms with Crippen molar-refractivity contribution in [2.45, 2.75) is 46.5 Å². The molecule has 0 aliphatic heterocycles. The van der Waals surface area contributed by atoms with Crippen molar-refractivity contribution in [1.29, 1.82) is 0 Å². The molecule has 28 heavy (non-hydrogen) atoms. The number of thiazole rings is 1. The van der Waals surface area contributed by atoms with Gasteiger partial charge in [-0.05, 0) is 44.5 Å². The zero-order valence-electron chi connectivity index (χ0n) is 17.4. The number of nitrogens with zero attached hydrogens (tertiary/aromatic N) is 3. The Bertz CT molecular complexity index is 785. The predicted octanol–water partition coefficient (Wildman–Crippen LogP) is 4.90. The SMILES string of the molecule is CCN(CC)CCN(C(=O)C1CCCC1)c1nc2c(OC)ccc(C)c2s1.Cl. The van der Waals surface area contributed by atoms with E-state index in [0.29, 0.717) is 6.54 Å². The average molecular weight is 426 g/mol. The van der Waals surface area contributed by atoms with Gasteiger partial charge in [0, 0.05) is 19.0 Å². The van der Waals surface area contributed by atoms with Crippen LogP contribution in [0.3, 0.4) is 0 Å².